The Balaban J connectivity index is 1.63. The molecule has 2 fully saturated rings. The zero-order valence-corrected chi connectivity index (χ0v) is 10.5. The second kappa shape index (κ2) is 4.59. The number of likely N-dealkylation sites (tertiary alicyclic amines) is 1. The topological polar surface area (TPSA) is 69.7 Å². The quantitative estimate of drug-likeness (QED) is 0.785. The fraction of sp³-hybridized carbons (Fsp3) is 0.308. The summed E-state index contributed by atoms with van der Waals surface area (Å²) in [6.07, 6.45) is 0. The van der Waals surface area contributed by atoms with Gasteiger partial charge in [-0.1, -0.05) is 0 Å². The fourth-order valence-electron chi connectivity index (χ4n) is 2.36. The van der Waals surface area contributed by atoms with Crippen LogP contribution in [0.2, 0.25) is 0 Å². The van der Waals surface area contributed by atoms with Crippen LogP contribution < -0.4 is 5.32 Å². The minimum absolute atomic E-state index is 0.0151. The van der Waals surface area contributed by atoms with Crippen molar-refractivity contribution in [1.82, 2.24) is 15.1 Å². The maximum absolute atomic E-state index is 12.8. The van der Waals surface area contributed by atoms with Crippen LogP contribution in [0.5, 0.6) is 0 Å². The summed E-state index contributed by atoms with van der Waals surface area (Å²) in [6.45, 7) is 0.645. The lowest BCUT2D eigenvalue weighted by Gasteiger charge is -2.42. The number of amides is 4. The van der Waals surface area contributed by atoms with E-state index in [9.17, 15) is 18.8 Å². The van der Waals surface area contributed by atoms with Gasteiger partial charge in [0.2, 0.25) is 5.91 Å². The van der Waals surface area contributed by atoms with Crippen LogP contribution in [0.15, 0.2) is 24.3 Å². The minimum atomic E-state index is -0.408. The van der Waals surface area contributed by atoms with Crippen molar-refractivity contribution in [2.75, 3.05) is 19.6 Å². The number of urea groups is 1. The predicted molar refractivity (Wildman–Crippen MR) is 66.3 cm³/mol. The molecule has 0 unspecified atom stereocenters. The molecule has 1 aromatic rings. The van der Waals surface area contributed by atoms with Gasteiger partial charge in [-0.15, -0.1) is 0 Å². The summed E-state index contributed by atoms with van der Waals surface area (Å²) < 4.78 is 12.8. The Morgan fingerprint density at radius 2 is 1.85 bits per heavy atom. The van der Waals surface area contributed by atoms with Gasteiger partial charge in [-0.3, -0.25) is 14.5 Å². The van der Waals surface area contributed by atoms with E-state index in [4.69, 9.17) is 0 Å². The molecule has 0 bridgehead atoms. The standard InChI is InChI=1S/C13H12FN3O3/c14-9-3-1-8(2-4-9)12(19)16-6-10(7-16)17-11(18)5-15-13(17)20/h1-4,10H,5-7H2,(H,15,20). The van der Waals surface area contributed by atoms with Gasteiger partial charge in [-0.2, -0.15) is 0 Å². The third-order valence-corrected chi connectivity index (χ3v) is 3.48. The van der Waals surface area contributed by atoms with Crippen molar-refractivity contribution in [1.29, 1.82) is 0 Å². The molecule has 1 N–H and O–H groups in total. The number of hydrogen-bond donors (Lipinski definition) is 1. The van der Waals surface area contributed by atoms with Crippen molar-refractivity contribution in [3.05, 3.63) is 35.6 Å². The largest absolute Gasteiger partial charge is 0.334 e. The van der Waals surface area contributed by atoms with Crippen LogP contribution in [0.3, 0.4) is 0 Å². The van der Waals surface area contributed by atoms with Crippen molar-refractivity contribution in [2.45, 2.75) is 6.04 Å². The summed E-state index contributed by atoms with van der Waals surface area (Å²) >= 11 is 0. The van der Waals surface area contributed by atoms with Crippen molar-refractivity contribution >= 4 is 17.8 Å². The molecule has 0 spiro atoms. The summed E-state index contributed by atoms with van der Waals surface area (Å²) in [4.78, 5) is 37.7. The van der Waals surface area contributed by atoms with Gasteiger partial charge in [0.1, 0.15) is 5.82 Å². The van der Waals surface area contributed by atoms with Gasteiger partial charge in [-0.25, -0.2) is 9.18 Å². The van der Waals surface area contributed by atoms with E-state index in [0.717, 1.165) is 4.90 Å². The number of benzene rings is 1. The highest BCUT2D eigenvalue weighted by Gasteiger charge is 2.42. The second-order valence-corrected chi connectivity index (χ2v) is 4.79. The van der Waals surface area contributed by atoms with E-state index in [1.807, 2.05) is 0 Å². The lowest BCUT2D eigenvalue weighted by molar-refractivity contribution is -0.128. The lowest BCUT2D eigenvalue weighted by Crippen LogP contribution is -2.62. The minimum Gasteiger partial charge on any atom is -0.334 e. The fourth-order valence-corrected chi connectivity index (χ4v) is 2.36. The molecule has 0 saturated carbocycles. The summed E-state index contributed by atoms with van der Waals surface area (Å²) in [6, 6.07) is 4.60. The first kappa shape index (κ1) is 12.6. The molecule has 0 aromatic heterocycles. The Labute approximate surface area is 114 Å². The highest BCUT2D eigenvalue weighted by atomic mass is 19.1. The maximum Gasteiger partial charge on any atom is 0.324 e. The first-order chi connectivity index (χ1) is 9.56. The third kappa shape index (κ3) is 2.01. The van der Waals surface area contributed by atoms with Crippen LogP contribution in [-0.4, -0.2) is 53.3 Å². The molecular formula is C13H12FN3O3. The molecule has 6 nitrogen and oxygen atoms in total. The monoisotopic (exact) mass is 277 g/mol. The molecule has 2 aliphatic heterocycles. The summed E-state index contributed by atoms with van der Waals surface area (Å²) in [5, 5.41) is 2.44. The van der Waals surface area contributed by atoms with Crippen molar-refractivity contribution in [3.63, 3.8) is 0 Å². The molecule has 4 amide bonds. The summed E-state index contributed by atoms with van der Waals surface area (Å²) in [5.41, 5.74) is 0.391. The van der Waals surface area contributed by atoms with Crippen molar-refractivity contribution in [2.24, 2.45) is 0 Å². The number of nitrogens with zero attached hydrogens (tertiary/aromatic N) is 2. The number of nitrogens with one attached hydrogen (secondary N) is 1. The van der Waals surface area contributed by atoms with E-state index >= 15 is 0 Å². The van der Waals surface area contributed by atoms with E-state index in [1.54, 1.807) is 0 Å². The normalized spacial score (nSPS) is 19.1. The molecule has 7 heteroatoms. The van der Waals surface area contributed by atoms with Crippen molar-refractivity contribution in [3.8, 4) is 0 Å². The van der Waals surface area contributed by atoms with E-state index in [1.165, 1.54) is 29.2 Å². The predicted octanol–water partition coefficient (Wildman–Crippen LogP) is 0.202. The van der Waals surface area contributed by atoms with Crippen LogP contribution in [0, 0.1) is 5.82 Å². The van der Waals surface area contributed by atoms with Gasteiger partial charge < -0.3 is 10.2 Å². The third-order valence-electron chi connectivity index (χ3n) is 3.48. The number of hydrogen-bond acceptors (Lipinski definition) is 3. The Morgan fingerprint density at radius 3 is 2.40 bits per heavy atom. The molecule has 2 heterocycles. The molecule has 1 aromatic carbocycles. The van der Waals surface area contributed by atoms with E-state index in [2.05, 4.69) is 5.32 Å². The molecule has 3 rings (SSSR count). The van der Waals surface area contributed by atoms with Gasteiger partial charge in [0.05, 0.1) is 12.6 Å². The second-order valence-electron chi connectivity index (χ2n) is 4.79. The average Bonchev–Trinajstić information content (AvgIpc) is 2.70. The SMILES string of the molecule is O=C(c1ccc(F)cc1)N1CC(N2C(=O)CNC2=O)C1. The number of carbonyl (C=O) groups excluding carboxylic acids is 3. The van der Waals surface area contributed by atoms with E-state index in [-0.39, 0.29) is 24.4 Å². The highest BCUT2D eigenvalue weighted by Crippen LogP contribution is 2.20. The maximum atomic E-state index is 12.8. The zero-order valence-electron chi connectivity index (χ0n) is 10.5. The Morgan fingerprint density at radius 1 is 1.20 bits per heavy atom. The average molecular weight is 277 g/mol. The summed E-state index contributed by atoms with van der Waals surface area (Å²) in [7, 11) is 0. The smallest absolute Gasteiger partial charge is 0.324 e. The van der Waals surface area contributed by atoms with Gasteiger partial charge >= 0.3 is 6.03 Å². The summed E-state index contributed by atoms with van der Waals surface area (Å²) in [5.74, 6) is -0.899. The van der Waals surface area contributed by atoms with Crippen LogP contribution in [0.1, 0.15) is 10.4 Å². The van der Waals surface area contributed by atoms with Gasteiger partial charge in [-0.05, 0) is 24.3 Å². The molecule has 0 aliphatic carbocycles. The molecule has 2 saturated heterocycles. The number of carbonyl (C=O) groups is 3. The van der Waals surface area contributed by atoms with E-state index in [0.29, 0.717) is 18.7 Å². The zero-order chi connectivity index (χ0) is 14.3. The Kier molecular flexibility index (Phi) is 2.89. The lowest BCUT2D eigenvalue weighted by atomic mass is 10.1. The number of imide groups is 1. The number of rotatable bonds is 2. The van der Waals surface area contributed by atoms with Gasteiger partial charge in [0.25, 0.3) is 5.91 Å². The van der Waals surface area contributed by atoms with Gasteiger partial charge in [0, 0.05) is 18.7 Å². The van der Waals surface area contributed by atoms with E-state index < -0.39 is 11.8 Å². The molecule has 0 radical (unpaired) electrons. The Hall–Kier alpha value is -2.44. The van der Waals surface area contributed by atoms with Crippen LogP contribution in [0.25, 0.3) is 0 Å². The molecule has 20 heavy (non-hydrogen) atoms. The Bertz CT molecular complexity index is 565. The number of halogens is 1. The molecule has 2 aliphatic rings. The molecular weight excluding hydrogens is 265 g/mol. The molecule has 0 atom stereocenters. The first-order valence-electron chi connectivity index (χ1n) is 6.21. The highest BCUT2D eigenvalue weighted by molar-refractivity contribution is 6.03. The van der Waals surface area contributed by atoms with Gasteiger partial charge in [0.15, 0.2) is 0 Å². The first-order valence-corrected chi connectivity index (χ1v) is 6.21. The van der Waals surface area contributed by atoms with Crippen molar-refractivity contribution < 1.29 is 18.8 Å². The van der Waals surface area contributed by atoms with Crippen LogP contribution in [-0.2, 0) is 4.79 Å². The molecule has 104 valence electrons. The van der Waals surface area contributed by atoms with Crippen LogP contribution in [0.4, 0.5) is 9.18 Å². The van der Waals surface area contributed by atoms with Crippen LogP contribution >= 0.6 is 0 Å².